The highest BCUT2D eigenvalue weighted by molar-refractivity contribution is 9.09. The molecule has 0 aliphatic carbocycles. The van der Waals surface area contributed by atoms with Gasteiger partial charge in [-0.1, -0.05) is 15.9 Å². The molecule has 0 unspecified atom stereocenters. The molecule has 0 saturated heterocycles. The van der Waals surface area contributed by atoms with Gasteiger partial charge in [-0.25, -0.2) is 4.39 Å². The zero-order valence-corrected chi connectivity index (χ0v) is 9.17. The molecule has 80 valence electrons. The average molecular weight is 275 g/mol. The molecular weight excluding hydrogens is 267 g/mol. The van der Waals surface area contributed by atoms with Crippen LogP contribution in [0.15, 0.2) is 18.2 Å². The van der Waals surface area contributed by atoms with Crippen LogP contribution in [0.4, 0.5) is 10.1 Å². The molecule has 15 heavy (non-hydrogen) atoms. The van der Waals surface area contributed by atoms with Gasteiger partial charge in [0.2, 0.25) is 5.91 Å². The second-order valence-corrected chi connectivity index (χ2v) is 3.30. The lowest BCUT2D eigenvalue weighted by molar-refractivity contribution is -0.113. The summed E-state index contributed by atoms with van der Waals surface area (Å²) in [5.41, 5.74) is 5.00. The first kappa shape index (κ1) is 11.6. The van der Waals surface area contributed by atoms with Gasteiger partial charge >= 0.3 is 0 Å². The third kappa shape index (κ3) is 3.02. The van der Waals surface area contributed by atoms with Crippen LogP contribution in [0, 0.1) is 5.82 Å². The molecule has 0 heterocycles. The number of carbonyl (C=O) groups is 2. The number of halogens is 2. The van der Waals surface area contributed by atoms with E-state index in [-0.39, 0.29) is 22.5 Å². The fourth-order valence-corrected chi connectivity index (χ4v) is 1.13. The Kier molecular flexibility index (Phi) is 3.79. The maximum atomic E-state index is 13.2. The SMILES string of the molecule is NC(=O)c1ccc(NC(=O)CBr)cc1F. The predicted octanol–water partition coefficient (Wildman–Crippen LogP) is 1.26. The average Bonchev–Trinajstić information content (AvgIpc) is 2.17. The summed E-state index contributed by atoms with van der Waals surface area (Å²) >= 11 is 2.95. The van der Waals surface area contributed by atoms with E-state index in [2.05, 4.69) is 21.2 Å². The number of hydrogen-bond acceptors (Lipinski definition) is 2. The summed E-state index contributed by atoms with van der Waals surface area (Å²) < 4.78 is 13.2. The Balaban J connectivity index is 2.91. The minimum atomic E-state index is -0.842. The van der Waals surface area contributed by atoms with Crippen LogP contribution < -0.4 is 11.1 Å². The second kappa shape index (κ2) is 4.88. The van der Waals surface area contributed by atoms with Gasteiger partial charge in [-0.15, -0.1) is 0 Å². The number of rotatable bonds is 3. The largest absolute Gasteiger partial charge is 0.366 e. The number of hydrogen-bond donors (Lipinski definition) is 2. The molecule has 1 rings (SSSR count). The topological polar surface area (TPSA) is 72.2 Å². The van der Waals surface area contributed by atoms with E-state index in [0.29, 0.717) is 0 Å². The molecule has 0 aromatic heterocycles. The quantitative estimate of drug-likeness (QED) is 0.815. The molecule has 2 amide bonds. The molecule has 6 heteroatoms. The van der Waals surface area contributed by atoms with Gasteiger partial charge in [0, 0.05) is 5.69 Å². The Morgan fingerprint density at radius 1 is 1.47 bits per heavy atom. The van der Waals surface area contributed by atoms with Crippen molar-refractivity contribution in [2.45, 2.75) is 0 Å². The van der Waals surface area contributed by atoms with E-state index in [4.69, 9.17) is 5.73 Å². The fourth-order valence-electron chi connectivity index (χ4n) is 0.987. The summed E-state index contributed by atoms with van der Waals surface area (Å²) in [6.07, 6.45) is 0. The first-order valence-corrected chi connectivity index (χ1v) is 5.12. The van der Waals surface area contributed by atoms with E-state index in [1.165, 1.54) is 12.1 Å². The van der Waals surface area contributed by atoms with E-state index >= 15 is 0 Å². The summed E-state index contributed by atoms with van der Waals surface area (Å²) in [5, 5.41) is 2.54. The van der Waals surface area contributed by atoms with Crippen molar-refractivity contribution in [1.29, 1.82) is 0 Å². The summed E-state index contributed by atoms with van der Waals surface area (Å²) in [4.78, 5) is 21.6. The van der Waals surface area contributed by atoms with Gasteiger partial charge in [0.05, 0.1) is 10.9 Å². The molecule has 4 nitrogen and oxygen atoms in total. The number of carbonyl (C=O) groups excluding carboxylic acids is 2. The number of nitrogens with one attached hydrogen (secondary N) is 1. The molecule has 0 radical (unpaired) electrons. The van der Waals surface area contributed by atoms with E-state index in [1.807, 2.05) is 0 Å². The molecular formula is C9H8BrFN2O2. The number of anilines is 1. The summed E-state index contributed by atoms with van der Waals surface area (Å²) in [6, 6.07) is 3.67. The van der Waals surface area contributed by atoms with Crippen molar-refractivity contribution in [3.8, 4) is 0 Å². The molecule has 0 atom stereocenters. The number of nitrogens with two attached hydrogens (primary N) is 1. The Morgan fingerprint density at radius 2 is 2.13 bits per heavy atom. The molecule has 3 N–H and O–H groups in total. The Hall–Kier alpha value is -1.43. The van der Waals surface area contributed by atoms with Gasteiger partial charge in [0.15, 0.2) is 0 Å². The van der Waals surface area contributed by atoms with Crippen LogP contribution in [0.3, 0.4) is 0 Å². The maximum absolute atomic E-state index is 13.2. The second-order valence-electron chi connectivity index (χ2n) is 2.74. The van der Waals surface area contributed by atoms with Crippen molar-refractivity contribution in [2.24, 2.45) is 5.73 Å². The fraction of sp³-hybridized carbons (Fsp3) is 0.111. The zero-order chi connectivity index (χ0) is 11.4. The van der Waals surface area contributed by atoms with Crippen LogP contribution >= 0.6 is 15.9 Å². The van der Waals surface area contributed by atoms with Crippen molar-refractivity contribution in [3.05, 3.63) is 29.6 Å². The molecule has 1 aromatic rings. The van der Waals surface area contributed by atoms with Crippen molar-refractivity contribution in [2.75, 3.05) is 10.6 Å². The van der Waals surface area contributed by atoms with E-state index in [9.17, 15) is 14.0 Å². The highest BCUT2D eigenvalue weighted by Crippen LogP contribution is 2.14. The van der Waals surface area contributed by atoms with Gasteiger partial charge in [0.25, 0.3) is 5.91 Å². The van der Waals surface area contributed by atoms with E-state index in [1.54, 1.807) is 0 Å². The first-order valence-electron chi connectivity index (χ1n) is 3.99. The highest BCUT2D eigenvalue weighted by atomic mass is 79.9. The third-order valence-corrected chi connectivity index (χ3v) is 2.15. The molecule has 1 aromatic carbocycles. The predicted molar refractivity (Wildman–Crippen MR) is 57.3 cm³/mol. The maximum Gasteiger partial charge on any atom is 0.251 e. The van der Waals surface area contributed by atoms with Gasteiger partial charge in [-0.05, 0) is 18.2 Å². The number of alkyl halides is 1. The highest BCUT2D eigenvalue weighted by Gasteiger charge is 2.09. The van der Waals surface area contributed by atoms with Gasteiger partial charge in [-0.3, -0.25) is 9.59 Å². The Bertz CT molecular complexity index is 409. The van der Waals surface area contributed by atoms with Crippen LogP contribution in [0.1, 0.15) is 10.4 Å². The van der Waals surface area contributed by atoms with Crippen molar-refractivity contribution >= 4 is 33.4 Å². The Morgan fingerprint density at radius 3 is 2.60 bits per heavy atom. The lowest BCUT2D eigenvalue weighted by Crippen LogP contribution is -2.15. The van der Waals surface area contributed by atoms with E-state index in [0.717, 1.165) is 6.07 Å². The first-order chi connectivity index (χ1) is 7.04. The molecule has 0 aliphatic heterocycles. The minimum Gasteiger partial charge on any atom is -0.366 e. The normalized spacial score (nSPS) is 9.73. The van der Waals surface area contributed by atoms with Crippen LogP contribution in [0.5, 0.6) is 0 Å². The van der Waals surface area contributed by atoms with Gasteiger partial charge in [-0.2, -0.15) is 0 Å². The molecule has 0 bridgehead atoms. The lowest BCUT2D eigenvalue weighted by Gasteiger charge is -2.04. The van der Waals surface area contributed by atoms with Crippen molar-refractivity contribution in [1.82, 2.24) is 0 Å². The molecule has 0 aliphatic rings. The molecule has 0 fully saturated rings. The number of primary amides is 1. The standard InChI is InChI=1S/C9H8BrFN2O2/c10-4-8(14)13-5-1-2-6(9(12)15)7(11)3-5/h1-3H,4H2,(H2,12,15)(H,13,14). The van der Waals surface area contributed by atoms with Crippen LogP contribution in [-0.2, 0) is 4.79 Å². The van der Waals surface area contributed by atoms with Crippen LogP contribution in [0.25, 0.3) is 0 Å². The smallest absolute Gasteiger partial charge is 0.251 e. The Labute approximate surface area is 93.8 Å². The third-order valence-electron chi connectivity index (χ3n) is 1.64. The van der Waals surface area contributed by atoms with Crippen molar-refractivity contribution in [3.63, 3.8) is 0 Å². The number of amides is 2. The van der Waals surface area contributed by atoms with Crippen LogP contribution in [0.2, 0.25) is 0 Å². The summed E-state index contributed by atoms with van der Waals surface area (Å²) in [5.74, 6) is -1.90. The van der Waals surface area contributed by atoms with Gasteiger partial charge in [0.1, 0.15) is 5.82 Å². The summed E-state index contributed by atoms with van der Waals surface area (Å²) in [6.45, 7) is 0. The molecule has 0 spiro atoms. The molecule has 0 saturated carbocycles. The minimum absolute atomic E-state index is 0.117. The number of benzene rings is 1. The summed E-state index contributed by atoms with van der Waals surface area (Å²) in [7, 11) is 0. The monoisotopic (exact) mass is 274 g/mol. The van der Waals surface area contributed by atoms with Crippen LogP contribution in [-0.4, -0.2) is 17.1 Å². The van der Waals surface area contributed by atoms with Crippen molar-refractivity contribution < 1.29 is 14.0 Å². The van der Waals surface area contributed by atoms with Gasteiger partial charge < -0.3 is 11.1 Å². The van der Waals surface area contributed by atoms with E-state index < -0.39 is 11.7 Å². The zero-order valence-electron chi connectivity index (χ0n) is 7.59. The lowest BCUT2D eigenvalue weighted by atomic mass is 10.2.